The fraction of sp³-hybridized carbons (Fsp3) is 0.345. The van der Waals surface area contributed by atoms with Crippen LogP contribution in [0.2, 0.25) is 0 Å². The average molecular weight is 570 g/mol. The van der Waals surface area contributed by atoms with Crippen LogP contribution < -0.4 is 5.32 Å². The van der Waals surface area contributed by atoms with Crippen LogP contribution in [0.1, 0.15) is 41.6 Å². The first kappa shape index (κ1) is 27.8. The van der Waals surface area contributed by atoms with Gasteiger partial charge in [-0.1, -0.05) is 54.2 Å². The SMILES string of the molecule is CSc1nccc(C2=C(c3cccc(C(F)(F)F)c3)N(C)C(C3CCCCN3C(=O)OCc3ccccc3)N2)n1. The van der Waals surface area contributed by atoms with Crippen molar-refractivity contribution in [2.75, 3.05) is 19.8 Å². The zero-order valence-corrected chi connectivity index (χ0v) is 23.0. The Labute approximate surface area is 235 Å². The van der Waals surface area contributed by atoms with Gasteiger partial charge >= 0.3 is 12.3 Å². The van der Waals surface area contributed by atoms with E-state index in [1.165, 1.54) is 17.8 Å². The van der Waals surface area contributed by atoms with E-state index in [9.17, 15) is 18.0 Å². The van der Waals surface area contributed by atoms with E-state index in [4.69, 9.17) is 4.74 Å². The molecule has 2 aliphatic heterocycles. The third-order valence-corrected chi connectivity index (χ3v) is 7.75. The molecule has 0 spiro atoms. The van der Waals surface area contributed by atoms with Crippen LogP contribution in [0.15, 0.2) is 72.0 Å². The number of carbonyl (C=O) groups excluding carboxylic acids is 1. The quantitative estimate of drug-likeness (QED) is 0.284. The number of piperidine rings is 1. The van der Waals surface area contributed by atoms with Crippen molar-refractivity contribution >= 4 is 29.2 Å². The number of benzene rings is 2. The van der Waals surface area contributed by atoms with Gasteiger partial charge in [0.1, 0.15) is 12.8 Å². The first-order valence-electron chi connectivity index (χ1n) is 13.0. The zero-order valence-electron chi connectivity index (χ0n) is 22.2. The van der Waals surface area contributed by atoms with E-state index in [-0.39, 0.29) is 12.6 Å². The van der Waals surface area contributed by atoms with Crippen LogP contribution in [0.4, 0.5) is 18.0 Å². The number of halogens is 3. The molecular formula is C29H30F3N5O2S. The molecule has 0 saturated carbocycles. The van der Waals surface area contributed by atoms with Gasteiger partial charge in [-0.15, -0.1) is 0 Å². The van der Waals surface area contributed by atoms with Crippen LogP contribution in [0.5, 0.6) is 0 Å². The second-order valence-corrected chi connectivity index (χ2v) is 10.5. The lowest BCUT2D eigenvalue weighted by Gasteiger charge is -2.41. The number of nitrogens with one attached hydrogen (secondary N) is 1. The predicted octanol–water partition coefficient (Wildman–Crippen LogP) is 6.10. The summed E-state index contributed by atoms with van der Waals surface area (Å²) in [6.07, 6.45) is 0.665. The number of alkyl halides is 3. The van der Waals surface area contributed by atoms with Gasteiger partial charge in [0.05, 0.1) is 28.7 Å². The third kappa shape index (κ3) is 5.89. The van der Waals surface area contributed by atoms with Gasteiger partial charge in [0.2, 0.25) is 0 Å². The molecule has 2 atom stereocenters. The Bertz CT molecular complexity index is 1390. The number of likely N-dealkylation sites (tertiary alicyclic amines) is 1. The maximum absolute atomic E-state index is 13.6. The van der Waals surface area contributed by atoms with Crippen LogP contribution in [0, 0.1) is 0 Å². The molecule has 40 heavy (non-hydrogen) atoms. The number of likely N-dealkylation sites (N-methyl/N-ethyl adjacent to an activating group) is 1. The first-order chi connectivity index (χ1) is 19.3. The second-order valence-electron chi connectivity index (χ2n) is 9.73. The Morgan fingerprint density at radius 3 is 2.67 bits per heavy atom. The molecule has 5 rings (SSSR count). The van der Waals surface area contributed by atoms with Crippen LogP contribution >= 0.6 is 11.8 Å². The molecule has 1 saturated heterocycles. The van der Waals surface area contributed by atoms with E-state index in [1.807, 2.05) is 48.5 Å². The normalized spacial score (nSPS) is 19.5. The van der Waals surface area contributed by atoms with Crippen molar-refractivity contribution in [1.82, 2.24) is 25.1 Å². The van der Waals surface area contributed by atoms with E-state index in [0.29, 0.717) is 40.8 Å². The molecule has 0 bridgehead atoms. The van der Waals surface area contributed by atoms with Crippen LogP contribution in [-0.2, 0) is 17.5 Å². The minimum absolute atomic E-state index is 0.161. The predicted molar refractivity (Wildman–Crippen MR) is 148 cm³/mol. The molecule has 7 nitrogen and oxygen atoms in total. The van der Waals surface area contributed by atoms with E-state index in [1.54, 1.807) is 23.2 Å². The summed E-state index contributed by atoms with van der Waals surface area (Å²) in [7, 11) is 1.83. The highest BCUT2D eigenvalue weighted by molar-refractivity contribution is 7.98. The Balaban J connectivity index is 1.48. The maximum Gasteiger partial charge on any atom is 0.416 e. The van der Waals surface area contributed by atoms with Crippen molar-refractivity contribution in [3.05, 3.63) is 89.2 Å². The number of amides is 1. The Kier molecular flexibility index (Phi) is 8.20. The summed E-state index contributed by atoms with van der Waals surface area (Å²) in [5, 5.41) is 4.07. The molecule has 11 heteroatoms. The van der Waals surface area contributed by atoms with E-state index < -0.39 is 24.0 Å². The van der Waals surface area contributed by atoms with Gasteiger partial charge in [0.25, 0.3) is 0 Å². The fourth-order valence-corrected chi connectivity index (χ4v) is 5.62. The minimum atomic E-state index is -4.48. The van der Waals surface area contributed by atoms with Crippen molar-refractivity contribution in [2.24, 2.45) is 0 Å². The molecule has 2 aromatic carbocycles. The van der Waals surface area contributed by atoms with Gasteiger partial charge < -0.3 is 19.9 Å². The van der Waals surface area contributed by atoms with Gasteiger partial charge in [-0.3, -0.25) is 0 Å². The lowest BCUT2D eigenvalue weighted by Crippen LogP contribution is -2.57. The van der Waals surface area contributed by atoms with Crippen molar-refractivity contribution in [2.45, 2.75) is 49.4 Å². The number of rotatable bonds is 6. The van der Waals surface area contributed by atoms with Crippen LogP contribution in [0.3, 0.4) is 0 Å². The summed E-state index contributed by atoms with van der Waals surface area (Å²) in [5.41, 5.74) is 2.29. The van der Waals surface area contributed by atoms with Crippen molar-refractivity contribution < 1.29 is 22.7 Å². The standard InChI is InChI=1S/C29H30F3N5O2S/c1-36-25(20-11-8-12-21(17-20)29(30,31)32)24(22-14-15-33-27(34-22)40-2)35-26(36)23-13-6-7-16-37(23)28(38)39-18-19-9-4-3-5-10-19/h3-5,8-12,14-15,17,23,26,35H,6-7,13,16,18H2,1-2H3. The van der Waals surface area contributed by atoms with Crippen LogP contribution in [-0.4, -0.2) is 57.9 Å². The summed E-state index contributed by atoms with van der Waals surface area (Å²) in [5.74, 6) is 0. The fourth-order valence-electron chi connectivity index (χ4n) is 5.26. The number of hydrogen-bond donors (Lipinski definition) is 1. The maximum atomic E-state index is 13.6. The Morgan fingerprint density at radius 1 is 1.12 bits per heavy atom. The van der Waals surface area contributed by atoms with Gasteiger partial charge in [-0.25, -0.2) is 14.8 Å². The van der Waals surface area contributed by atoms with E-state index >= 15 is 0 Å². The molecule has 1 N–H and O–H groups in total. The molecule has 1 aromatic heterocycles. The average Bonchev–Trinajstić information content (AvgIpc) is 3.32. The summed E-state index contributed by atoms with van der Waals surface area (Å²) in [4.78, 5) is 25.8. The minimum Gasteiger partial charge on any atom is -0.445 e. The lowest BCUT2D eigenvalue weighted by atomic mass is 9.99. The number of thioether (sulfide) groups is 1. The summed E-state index contributed by atoms with van der Waals surface area (Å²) in [6.45, 7) is 0.691. The molecule has 1 fully saturated rings. The molecular weight excluding hydrogens is 539 g/mol. The lowest BCUT2D eigenvalue weighted by molar-refractivity contribution is -0.137. The Morgan fingerprint density at radius 2 is 1.93 bits per heavy atom. The smallest absolute Gasteiger partial charge is 0.416 e. The molecule has 0 aliphatic carbocycles. The molecule has 3 heterocycles. The highest BCUT2D eigenvalue weighted by atomic mass is 32.2. The van der Waals surface area contributed by atoms with Crippen molar-refractivity contribution in [3.63, 3.8) is 0 Å². The van der Waals surface area contributed by atoms with Gasteiger partial charge in [-0.05, 0) is 49.3 Å². The number of nitrogens with zero attached hydrogens (tertiary/aromatic N) is 4. The van der Waals surface area contributed by atoms with Gasteiger partial charge in [-0.2, -0.15) is 13.2 Å². The molecule has 1 amide bonds. The summed E-state index contributed by atoms with van der Waals surface area (Å²) in [6, 6.07) is 16.2. The Hall–Kier alpha value is -3.73. The van der Waals surface area contributed by atoms with Crippen LogP contribution in [0.25, 0.3) is 11.4 Å². The van der Waals surface area contributed by atoms with E-state index in [0.717, 1.165) is 30.5 Å². The monoisotopic (exact) mass is 569 g/mol. The number of hydrogen-bond acceptors (Lipinski definition) is 7. The second kappa shape index (κ2) is 11.8. The highest BCUT2D eigenvalue weighted by Gasteiger charge is 2.42. The molecule has 2 aliphatic rings. The third-order valence-electron chi connectivity index (χ3n) is 7.19. The summed E-state index contributed by atoms with van der Waals surface area (Å²) < 4.78 is 46.6. The number of carbonyl (C=O) groups is 1. The first-order valence-corrected chi connectivity index (χ1v) is 14.2. The van der Waals surface area contributed by atoms with Crippen molar-refractivity contribution in [1.29, 1.82) is 0 Å². The topological polar surface area (TPSA) is 70.6 Å². The van der Waals surface area contributed by atoms with E-state index in [2.05, 4.69) is 15.3 Å². The molecule has 2 unspecified atom stereocenters. The summed E-state index contributed by atoms with van der Waals surface area (Å²) >= 11 is 1.38. The molecule has 210 valence electrons. The highest BCUT2D eigenvalue weighted by Crippen LogP contribution is 2.39. The number of ether oxygens (including phenoxy) is 1. The molecule has 3 aromatic rings. The van der Waals surface area contributed by atoms with Gasteiger partial charge in [0, 0.05) is 25.4 Å². The zero-order chi connectivity index (χ0) is 28.3. The number of aromatic nitrogens is 2. The largest absolute Gasteiger partial charge is 0.445 e. The van der Waals surface area contributed by atoms with Crippen molar-refractivity contribution in [3.8, 4) is 0 Å². The van der Waals surface area contributed by atoms with Gasteiger partial charge in [0.15, 0.2) is 5.16 Å². The molecule has 0 radical (unpaired) electrons.